The number of alkyl halides is 3. The van der Waals surface area contributed by atoms with Crippen molar-refractivity contribution in [1.29, 1.82) is 0 Å². The highest BCUT2D eigenvalue weighted by molar-refractivity contribution is 7.21. The number of hydrogen-bond donors (Lipinski definition) is 1. The zero-order chi connectivity index (χ0) is 21.3. The topological polar surface area (TPSA) is 86.8 Å². The molecule has 1 aromatic carbocycles. The van der Waals surface area contributed by atoms with Gasteiger partial charge in [0.15, 0.2) is 16.7 Å². The molecule has 6 nitrogen and oxygen atoms in total. The van der Waals surface area contributed by atoms with Gasteiger partial charge in [-0.15, -0.1) is 0 Å². The van der Waals surface area contributed by atoms with E-state index in [1.54, 1.807) is 12.3 Å². The number of ether oxygens (including phenoxy) is 1. The first-order valence-corrected chi connectivity index (χ1v) is 9.47. The zero-order valence-corrected chi connectivity index (χ0v) is 16.0. The lowest BCUT2D eigenvalue weighted by molar-refractivity contribution is -0.137. The van der Waals surface area contributed by atoms with Crippen LogP contribution in [0.4, 0.5) is 22.7 Å². The van der Waals surface area contributed by atoms with Crippen molar-refractivity contribution in [1.82, 2.24) is 19.9 Å². The second kappa shape index (κ2) is 7.82. The number of benzene rings is 1. The van der Waals surface area contributed by atoms with E-state index >= 15 is 0 Å². The molecule has 0 saturated heterocycles. The first kappa shape index (κ1) is 20.0. The maximum atomic E-state index is 14.4. The molecule has 4 aromatic rings. The molecule has 0 aliphatic rings. The van der Waals surface area contributed by atoms with E-state index < -0.39 is 17.6 Å². The third-order valence-electron chi connectivity index (χ3n) is 4.13. The Morgan fingerprint density at radius 2 is 1.87 bits per heavy atom. The van der Waals surface area contributed by atoms with Crippen LogP contribution in [0.2, 0.25) is 0 Å². The van der Waals surface area contributed by atoms with Gasteiger partial charge in [-0.3, -0.25) is 0 Å². The van der Waals surface area contributed by atoms with Crippen molar-refractivity contribution in [2.45, 2.75) is 19.0 Å². The molecule has 0 radical (unpaired) electrons. The van der Waals surface area contributed by atoms with Gasteiger partial charge in [0, 0.05) is 18.7 Å². The van der Waals surface area contributed by atoms with Gasteiger partial charge in [-0.25, -0.2) is 24.3 Å². The second-order valence-corrected chi connectivity index (χ2v) is 7.29. The van der Waals surface area contributed by atoms with Crippen LogP contribution in [0.25, 0.3) is 10.3 Å². The van der Waals surface area contributed by atoms with E-state index in [2.05, 4.69) is 19.9 Å². The molecule has 2 N–H and O–H groups in total. The summed E-state index contributed by atoms with van der Waals surface area (Å²) in [5.41, 5.74) is 6.00. The molecule has 30 heavy (non-hydrogen) atoms. The number of nitrogens with zero attached hydrogens (tertiary/aromatic N) is 4. The minimum atomic E-state index is -4.54. The normalized spacial score (nSPS) is 11.7. The first-order valence-electron chi connectivity index (χ1n) is 8.65. The lowest BCUT2D eigenvalue weighted by Gasteiger charge is -2.10. The van der Waals surface area contributed by atoms with Gasteiger partial charge in [0.05, 0.1) is 11.8 Å². The van der Waals surface area contributed by atoms with Crippen LogP contribution >= 0.6 is 11.3 Å². The number of nitrogens with two attached hydrogens (primary N) is 1. The van der Waals surface area contributed by atoms with Crippen molar-refractivity contribution >= 4 is 26.8 Å². The summed E-state index contributed by atoms with van der Waals surface area (Å²) in [7, 11) is 0. The predicted octanol–water partition coefficient (Wildman–Crippen LogP) is 4.80. The fourth-order valence-electron chi connectivity index (χ4n) is 2.70. The van der Waals surface area contributed by atoms with Gasteiger partial charge < -0.3 is 10.5 Å². The van der Waals surface area contributed by atoms with Crippen LogP contribution in [0.15, 0.2) is 42.7 Å². The van der Waals surface area contributed by atoms with Crippen molar-refractivity contribution in [2.75, 3.05) is 5.73 Å². The minimum absolute atomic E-state index is 0.219. The molecule has 0 unspecified atom stereocenters. The van der Waals surface area contributed by atoms with Gasteiger partial charge in [-0.1, -0.05) is 17.4 Å². The SMILES string of the molecule is Nc1nc2cnc(CCc3ccc(Oc4cc(C(F)(F)F)ccn4)c(F)c3)nc2s1. The predicted molar refractivity (Wildman–Crippen MR) is 103 cm³/mol. The van der Waals surface area contributed by atoms with Crippen LogP contribution in [0, 0.1) is 5.82 Å². The van der Waals surface area contributed by atoms with Gasteiger partial charge in [-0.2, -0.15) is 13.2 Å². The van der Waals surface area contributed by atoms with E-state index in [-0.39, 0.29) is 11.6 Å². The molecular weight excluding hydrogens is 422 g/mol. The van der Waals surface area contributed by atoms with Crippen LogP contribution < -0.4 is 10.5 Å². The molecule has 11 heteroatoms. The Bertz CT molecular complexity index is 1210. The minimum Gasteiger partial charge on any atom is -0.436 e. The molecule has 0 bridgehead atoms. The fourth-order valence-corrected chi connectivity index (χ4v) is 3.40. The van der Waals surface area contributed by atoms with Crippen molar-refractivity contribution in [2.24, 2.45) is 0 Å². The van der Waals surface area contributed by atoms with Gasteiger partial charge >= 0.3 is 6.18 Å². The third-order valence-corrected chi connectivity index (χ3v) is 4.92. The largest absolute Gasteiger partial charge is 0.436 e. The Balaban J connectivity index is 1.45. The highest BCUT2D eigenvalue weighted by atomic mass is 32.1. The molecule has 4 rings (SSSR count). The average Bonchev–Trinajstić information content (AvgIpc) is 3.07. The standard InChI is InChI=1S/C19H13F4N5OS/c20-12-7-10(2-4-15-26-9-13-17(28-15)30-18(24)27-13)1-3-14(12)29-16-8-11(5-6-25-16)19(21,22)23/h1,3,5-9H,2,4H2,(H2,24,27). The number of rotatable bonds is 5. The summed E-state index contributed by atoms with van der Waals surface area (Å²) in [5.74, 6) is -0.705. The highest BCUT2D eigenvalue weighted by Gasteiger charge is 2.31. The molecule has 0 aliphatic carbocycles. The van der Waals surface area contributed by atoms with E-state index in [9.17, 15) is 17.6 Å². The Hall–Kier alpha value is -3.34. The Kier molecular flexibility index (Phi) is 5.20. The van der Waals surface area contributed by atoms with Crippen molar-refractivity contribution in [3.05, 3.63) is 65.5 Å². The van der Waals surface area contributed by atoms with Crippen molar-refractivity contribution < 1.29 is 22.3 Å². The van der Waals surface area contributed by atoms with Gasteiger partial charge in [-0.05, 0) is 30.2 Å². The number of halogens is 4. The summed E-state index contributed by atoms with van der Waals surface area (Å²) in [6.07, 6.45) is -1.08. The van der Waals surface area contributed by atoms with E-state index in [1.165, 1.54) is 23.5 Å². The molecule has 3 heterocycles. The summed E-state index contributed by atoms with van der Waals surface area (Å²) in [6, 6.07) is 5.75. The lowest BCUT2D eigenvalue weighted by atomic mass is 10.1. The van der Waals surface area contributed by atoms with Crippen molar-refractivity contribution in [3.63, 3.8) is 0 Å². The molecule has 0 saturated carbocycles. The third kappa shape index (κ3) is 4.46. The van der Waals surface area contributed by atoms with Crippen LogP contribution in [-0.4, -0.2) is 19.9 Å². The molecule has 0 aliphatic heterocycles. The van der Waals surface area contributed by atoms with E-state index in [1.807, 2.05) is 0 Å². The molecule has 3 aromatic heterocycles. The summed E-state index contributed by atoms with van der Waals surface area (Å²) >= 11 is 1.26. The van der Waals surface area contributed by atoms with Crippen LogP contribution in [0.3, 0.4) is 0 Å². The number of aromatic nitrogens is 4. The van der Waals surface area contributed by atoms with E-state index in [4.69, 9.17) is 10.5 Å². The summed E-state index contributed by atoms with van der Waals surface area (Å²) < 4.78 is 57.9. The molecule has 0 fully saturated rings. The van der Waals surface area contributed by atoms with Crippen LogP contribution in [-0.2, 0) is 19.0 Å². The summed E-state index contributed by atoms with van der Waals surface area (Å²) in [5, 5.41) is 0.407. The van der Waals surface area contributed by atoms with Gasteiger partial charge in [0.25, 0.3) is 0 Å². The van der Waals surface area contributed by atoms with Crippen LogP contribution in [0.5, 0.6) is 11.6 Å². The first-order chi connectivity index (χ1) is 14.3. The number of anilines is 1. The number of pyridine rings is 1. The summed E-state index contributed by atoms with van der Waals surface area (Å²) in [6.45, 7) is 0. The number of hydrogen-bond acceptors (Lipinski definition) is 7. The quantitative estimate of drug-likeness (QED) is 0.453. The number of thiazole rings is 1. The zero-order valence-electron chi connectivity index (χ0n) is 15.2. The Labute approximate surface area is 171 Å². The molecular formula is C19H13F4N5OS. The molecule has 0 spiro atoms. The average molecular weight is 435 g/mol. The maximum absolute atomic E-state index is 14.4. The number of nitrogen functional groups attached to an aromatic ring is 1. The fraction of sp³-hybridized carbons (Fsp3) is 0.158. The molecule has 0 amide bonds. The monoisotopic (exact) mass is 435 g/mol. The smallest absolute Gasteiger partial charge is 0.416 e. The van der Waals surface area contributed by atoms with E-state index in [0.717, 1.165) is 12.3 Å². The lowest BCUT2D eigenvalue weighted by Crippen LogP contribution is -2.05. The second-order valence-electron chi connectivity index (χ2n) is 6.28. The number of aryl methyl sites for hydroxylation is 2. The van der Waals surface area contributed by atoms with Gasteiger partial charge in [0.2, 0.25) is 5.88 Å². The number of fused-ring (bicyclic) bond motifs is 1. The van der Waals surface area contributed by atoms with Gasteiger partial charge in [0.1, 0.15) is 16.2 Å². The summed E-state index contributed by atoms with van der Waals surface area (Å²) in [4.78, 5) is 17.1. The highest BCUT2D eigenvalue weighted by Crippen LogP contribution is 2.32. The van der Waals surface area contributed by atoms with E-state index in [0.29, 0.717) is 45.8 Å². The van der Waals surface area contributed by atoms with Crippen molar-refractivity contribution in [3.8, 4) is 11.6 Å². The van der Waals surface area contributed by atoms with Crippen LogP contribution in [0.1, 0.15) is 17.0 Å². The molecule has 154 valence electrons. The maximum Gasteiger partial charge on any atom is 0.416 e. The molecule has 0 atom stereocenters. The Morgan fingerprint density at radius 1 is 1.03 bits per heavy atom. The Morgan fingerprint density at radius 3 is 2.63 bits per heavy atom.